The molecule has 4 heterocycles. The Morgan fingerprint density at radius 1 is 0.971 bits per heavy atom. The zero-order valence-corrected chi connectivity index (χ0v) is 20.4. The van der Waals surface area contributed by atoms with Crippen molar-refractivity contribution >= 4 is 28.9 Å². The summed E-state index contributed by atoms with van der Waals surface area (Å²) < 4.78 is 5.73. The van der Waals surface area contributed by atoms with Crippen LogP contribution in [0.5, 0.6) is 0 Å². The molecule has 0 bridgehead atoms. The van der Waals surface area contributed by atoms with E-state index < -0.39 is 17.9 Å². The first-order valence-electron chi connectivity index (χ1n) is 12.5. The number of imide groups is 1. The van der Waals surface area contributed by atoms with Crippen molar-refractivity contribution in [1.29, 1.82) is 0 Å². The first kappa shape index (κ1) is 22.2. The molecule has 2 amide bonds. The average Bonchev–Trinajstić information content (AvgIpc) is 3.53. The first-order valence-corrected chi connectivity index (χ1v) is 12.5. The van der Waals surface area contributed by atoms with E-state index in [4.69, 9.17) is 4.74 Å². The molecule has 4 aliphatic rings. The van der Waals surface area contributed by atoms with E-state index >= 15 is 0 Å². The summed E-state index contributed by atoms with van der Waals surface area (Å²) in [5.74, 6) is -1.81. The number of carbonyl (C=O) groups is 3. The van der Waals surface area contributed by atoms with Gasteiger partial charge < -0.3 is 9.64 Å². The summed E-state index contributed by atoms with van der Waals surface area (Å²) in [6.45, 7) is 7.02. The number of ether oxygens (including phenoxy) is 1. The first-order chi connectivity index (χ1) is 16.8. The predicted molar refractivity (Wildman–Crippen MR) is 133 cm³/mol. The van der Waals surface area contributed by atoms with Crippen LogP contribution in [-0.4, -0.2) is 53.8 Å². The van der Waals surface area contributed by atoms with Gasteiger partial charge in [-0.2, -0.15) is 0 Å². The Morgan fingerprint density at radius 2 is 1.69 bits per heavy atom. The fourth-order valence-corrected chi connectivity index (χ4v) is 6.38. The van der Waals surface area contributed by atoms with Crippen molar-refractivity contribution in [2.45, 2.75) is 51.8 Å². The highest BCUT2D eigenvalue weighted by molar-refractivity contribution is 6.14. The van der Waals surface area contributed by atoms with E-state index in [2.05, 4.69) is 17.0 Å². The third-order valence-corrected chi connectivity index (χ3v) is 8.11. The van der Waals surface area contributed by atoms with Gasteiger partial charge in [0.05, 0.1) is 30.5 Å². The zero-order chi connectivity index (χ0) is 24.4. The molecule has 6 heteroatoms. The third kappa shape index (κ3) is 3.38. The number of anilines is 1. The Labute approximate surface area is 205 Å². The van der Waals surface area contributed by atoms with Crippen molar-refractivity contribution in [2.75, 3.05) is 18.1 Å². The van der Waals surface area contributed by atoms with Gasteiger partial charge in [-0.25, -0.2) is 0 Å². The lowest BCUT2D eigenvalue weighted by atomic mass is 9.85. The molecule has 0 unspecified atom stereocenters. The van der Waals surface area contributed by atoms with Crippen LogP contribution in [0, 0.1) is 25.7 Å². The van der Waals surface area contributed by atoms with Crippen molar-refractivity contribution in [3.05, 3.63) is 70.8 Å². The van der Waals surface area contributed by atoms with Crippen molar-refractivity contribution in [3.63, 3.8) is 0 Å². The summed E-state index contributed by atoms with van der Waals surface area (Å²) in [5, 5.41) is 0. The van der Waals surface area contributed by atoms with Crippen LogP contribution in [0.1, 0.15) is 46.8 Å². The lowest BCUT2D eigenvalue weighted by Crippen LogP contribution is -2.50. The fraction of sp³-hybridized carbons (Fsp3) is 0.414. The normalized spacial score (nSPS) is 29.2. The van der Waals surface area contributed by atoms with Crippen LogP contribution < -0.4 is 4.90 Å². The number of fused-ring (bicyclic) bond motifs is 5. The maximum atomic E-state index is 14.0. The van der Waals surface area contributed by atoms with Gasteiger partial charge in [-0.1, -0.05) is 47.5 Å². The molecule has 4 aliphatic heterocycles. The Kier molecular flexibility index (Phi) is 5.18. The number of Topliss-reactive ketones (excluding diaryl/α,β-unsaturated/α-hetero) is 1. The number of likely N-dealkylation sites (tertiary alicyclic amines) is 1. The molecule has 0 N–H and O–H groups in total. The van der Waals surface area contributed by atoms with E-state index in [-0.39, 0.29) is 36.3 Å². The maximum Gasteiger partial charge on any atom is 0.235 e. The van der Waals surface area contributed by atoms with Gasteiger partial charge in [-0.05, 0) is 51.3 Å². The van der Waals surface area contributed by atoms with Crippen LogP contribution in [-0.2, 0) is 14.3 Å². The van der Waals surface area contributed by atoms with Crippen molar-refractivity contribution in [2.24, 2.45) is 11.8 Å². The lowest BCUT2D eigenvalue weighted by molar-refractivity contribution is -0.142. The smallest absolute Gasteiger partial charge is 0.235 e. The minimum Gasteiger partial charge on any atom is -0.376 e. The second-order valence-electron chi connectivity index (χ2n) is 10.4. The lowest BCUT2D eigenvalue weighted by Gasteiger charge is -2.38. The highest BCUT2D eigenvalue weighted by Gasteiger charge is 2.64. The summed E-state index contributed by atoms with van der Waals surface area (Å²) in [7, 11) is 0. The number of aryl methyl sites for hydroxylation is 2. The van der Waals surface area contributed by atoms with E-state index in [0.29, 0.717) is 12.2 Å². The van der Waals surface area contributed by atoms with E-state index in [1.54, 1.807) is 0 Å². The van der Waals surface area contributed by atoms with Crippen LogP contribution in [0.3, 0.4) is 0 Å². The largest absolute Gasteiger partial charge is 0.376 e. The molecule has 0 aliphatic carbocycles. The Balaban J connectivity index is 1.46. The van der Waals surface area contributed by atoms with Crippen LogP contribution in [0.4, 0.5) is 5.69 Å². The molecule has 3 saturated heterocycles. The van der Waals surface area contributed by atoms with E-state index in [9.17, 15) is 14.4 Å². The Morgan fingerprint density at radius 3 is 2.40 bits per heavy atom. The molecule has 0 saturated carbocycles. The average molecular weight is 471 g/mol. The quantitative estimate of drug-likeness (QED) is 0.500. The van der Waals surface area contributed by atoms with Gasteiger partial charge >= 0.3 is 0 Å². The van der Waals surface area contributed by atoms with E-state index in [1.165, 1.54) is 4.90 Å². The molecular formula is C29H30N2O4. The molecular weight excluding hydrogens is 440 g/mol. The predicted octanol–water partition coefficient (Wildman–Crippen LogP) is 3.94. The van der Waals surface area contributed by atoms with Crippen LogP contribution in [0.2, 0.25) is 0 Å². The summed E-state index contributed by atoms with van der Waals surface area (Å²) >= 11 is 0. The van der Waals surface area contributed by atoms with Gasteiger partial charge in [-0.15, -0.1) is 0 Å². The van der Waals surface area contributed by atoms with Gasteiger partial charge in [0, 0.05) is 23.4 Å². The van der Waals surface area contributed by atoms with Gasteiger partial charge in [0.15, 0.2) is 5.78 Å². The molecule has 6 rings (SSSR count). The van der Waals surface area contributed by atoms with Crippen LogP contribution in [0.15, 0.2) is 48.5 Å². The number of hydrogen-bond donors (Lipinski definition) is 0. The second-order valence-corrected chi connectivity index (χ2v) is 10.4. The molecule has 3 fully saturated rings. The molecule has 180 valence electrons. The SMILES string of the molecule is CC1=C[C@@H]2[C@@H]3C(=O)N(C[C@@H]4CCCO4)C(=O)[C@@H]3[C@H](C(=O)c3ccc(C)cc3)N2c2ccc(C)cc21. The maximum absolute atomic E-state index is 14.0. The van der Waals surface area contributed by atoms with E-state index in [0.717, 1.165) is 40.8 Å². The molecule has 0 spiro atoms. The van der Waals surface area contributed by atoms with Crippen molar-refractivity contribution in [1.82, 2.24) is 4.90 Å². The highest BCUT2D eigenvalue weighted by Crippen LogP contribution is 2.50. The monoisotopic (exact) mass is 470 g/mol. The number of ketones is 1. The van der Waals surface area contributed by atoms with Crippen LogP contribution in [0.25, 0.3) is 5.57 Å². The summed E-state index contributed by atoms with van der Waals surface area (Å²) in [4.78, 5) is 45.1. The van der Waals surface area contributed by atoms with E-state index in [1.807, 2.05) is 57.2 Å². The number of benzene rings is 2. The highest BCUT2D eigenvalue weighted by atomic mass is 16.5. The number of carbonyl (C=O) groups excluding carboxylic acids is 3. The number of allylic oxidation sites excluding steroid dienone is 1. The van der Waals surface area contributed by atoms with Crippen molar-refractivity contribution in [3.8, 4) is 0 Å². The van der Waals surface area contributed by atoms with Gasteiger partial charge in [0.2, 0.25) is 11.8 Å². The fourth-order valence-electron chi connectivity index (χ4n) is 6.38. The number of hydrogen-bond acceptors (Lipinski definition) is 5. The molecule has 2 aromatic rings. The van der Waals surface area contributed by atoms with Crippen LogP contribution >= 0.6 is 0 Å². The van der Waals surface area contributed by atoms with Crippen molar-refractivity contribution < 1.29 is 19.1 Å². The minimum absolute atomic E-state index is 0.109. The Bertz CT molecular complexity index is 1260. The number of rotatable bonds is 4. The van der Waals surface area contributed by atoms with Gasteiger partial charge in [-0.3, -0.25) is 19.3 Å². The second kappa shape index (κ2) is 8.16. The Hall–Kier alpha value is -3.25. The zero-order valence-electron chi connectivity index (χ0n) is 20.4. The number of amides is 2. The van der Waals surface area contributed by atoms with Gasteiger partial charge in [0.25, 0.3) is 0 Å². The third-order valence-electron chi connectivity index (χ3n) is 8.11. The van der Waals surface area contributed by atoms with Gasteiger partial charge in [0.1, 0.15) is 6.04 Å². The molecule has 2 aromatic carbocycles. The summed E-state index contributed by atoms with van der Waals surface area (Å²) in [6.07, 6.45) is 3.76. The number of nitrogens with zero attached hydrogens (tertiary/aromatic N) is 2. The topological polar surface area (TPSA) is 66.9 Å². The molecule has 0 aromatic heterocycles. The standard InChI is InChI=1S/C29H30N2O4/c1-16-6-9-19(10-7-16)27(32)26-25-24(28(33)30(29(25)34)15-20-5-4-12-35-20)23-14-18(3)21-13-17(2)8-11-22(21)31(23)26/h6-11,13-14,20,23-26H,4-5,12,15H2,1-3H3/t20-,23+,24-,25-,26+/m0/s1. The molecule has 6 nitrogen and oxygen atoms in total. The summed E-state index contributed by atoms with van der Waals surface area (Å²) in [6, 6.07) is 12.6. The minimum atomic E-state index is -0.732. The summed E-state index contributed by atoms with van der Waals surface area (Å²) in [5.41, 5.74) is 5.81. The molecule has 5 atom stereocenters. The molecule has 35 heavy (non-hydrogen) atoms. The molecule has 0 radical (unpaired) electrons.